The van der Waals surface area contributed by atoms with Crippen LogP contribution in [0.1, 0.15) is 36.8 Å². The summed E-state index contributed by atoms with van der Waals surface area (Å²) in [5.41, 5.74) is 4.79. The van der Waals surface area contributed by atoms with Crippen molar-refractivity contribution in [3.8, 4) is 5.75 Å². The highest BCUT2D eigenvalue weighted by Gasteiger charge is 2.21. The first-order valence-corrected chi connectivity index (χ1v) is 12.6. The number of rotatable bonds is 8. The number of anilines is 3. The van der Waals surface area contributed by atoms with E-state index in [4.69, 9.17) is 32.9 Å². The smallest absolute Gasteiger partial charge is 0.250 e. The maximum Gasteiger partial charge on any atom is 0.250 e. The van der Waals surface area contributed by atoms with E-state index in [0.29, 0.717) is 22.6 Å². The number of aromatic nitrogens is 3. The second-order valence-corrected chi connectivity index (χ2v) is 9.45. The van der Waals surface area contributed by atoms with E-state index in [1.165, 1.54) is 0 Å². The molecule has 0 bridgehead atoms. The summed E-state index contributed by atoms with van der Waals surface area (Å²) < 4.78 is 5.84. The van der Waals surface area contributed by atoms with Crippen LogP contribution in [0, 0.1) is 0 Å². The molecule has 0 amide bonds. The van der Waals surface area contributed by atoms with E-state index in [9.17, 15) is 0 Å². The minimum atomic E-state index is 0.364. The highest BCUT2D eigenvalue weighted by molar-refractivity contribution is 6.35. The van der Waals surface area contributed by atoms with Gasteiger partial charge in [0.25, 0.3) is 0 Å². The molecule has 3 aromatic rings. The fourth-order valence-corrected chi connectivity index (χ4v) is 4.60. The Hall–Kier alpha value is -3.10. The van der Waals surface area contributed by atoms with Crippen LogP contribution in [0.4, 0.5) is 17.8 Å². The van der Waals surface area contributed by atoms with Gasteiger partial charge in [0.1, 0.15) is 12.4 Å². The first-order chi connectivity index (χ1) is 17.1. The third-order valence-corrected chi connectivity index (χ3v) is 6.64. The number of nitrogens with zero attached hydrogens (tertiary/aromatic N) is 6. The molecule has 0 unspecified atom stereocenters. The van der Waals surface area contributed by atoms with Crippen molar-refractivity contribution in [2.75, 3.05) is 41.4 Å². The fourth-order valence-electron chi connectivity index (χ4n) is 4.14. The van der Waals surface area contributed by atoms with Gasteiger partial charge in [-0.25, -0.2) is 5.43 Å². The van der Waals surface area contributed by atoms with E-state index in [1.54, 1.807) is 18.3 Å². The fraction of sp³-hybridized carbons (Fsp3) is 0.360. The first kappa shape index (κ1) is 23.6. The van der Waals surface area contributed by atoms with Gasteiger partial charge < -0.3 is 14.5 Å². The Bertz CT molecular complexity index is 1140. The molecule has 3 heterocycles. The van der Waals surface area contributed by atoms with Gasteiger partial charge in [0, 0.05) is 41.8 Å². The summed E-state index contributed by atoms with van der Waals surface area (Å²) in [6.45, 7) is 4.27. The minimum absolute atomic E-state index is 0.364. The highest BCUT2D eigenvalue weighted by Crippen LogP contribution is 2.24. The molecular formula is C25H27Cl2N7O. The van der Waals surface area contributed by atoms with E-state index >= 15 is 0 Å². The van der Waals surface area contributed by atoms with Crippen LogP contribution in [0.2, 0.25) is 10.0 Å². The maximum atomic E-state index is 6.21. The van der Waals surface area contributed by atoms with Crippen LogP contribution in [0.5, 0.6) is 5.75 Å². The Morgan fingerprint density at radius 2 is 1.49 bits per heavy atom. The lowest BCUT2D eigenvalue weighted by molar-refractivity contribution is 0.306. The third kappa shape index (κ3) is 6.13. The van der Waals surface area contributed by atoms with Crippen molar-refractivity contribution in [3.63, 3.8) is 0 Å². The van der Waals surface area contributed by atoms with E-state index < -0.39 is 0 Å². The second kappa shape index (κ2) is 11.1. The van der Waals surface area contributed by atoms with Crippen LogP contribution in [-0.4, -0.2) is 47.3 Å². The van der Waals surface area contributed by atoms with Crippen LogP contribution in [0.15, 0.2) is 47.6 Å². The molecule has 35 heavy (non-hydrogen) atoms. The average Bonchev–Trinajstić information content (AvgIpc) is 3.59. The number of benzene rings is 2. The van der Waals surface area contributed by atoms with Crippen LogP contribution in [0.3, 0.4) is 0 Å². The van der Waals surface area contributed by atoms with Crippen molar-refractivity contribution in [2.45, 2.75) is 32.3 Å². The Morgan fingerprint density at radius 1 is 0.857 bits per heavy atom. The van der Waals surface area contributed by atoms with Gasteiger partial charge in [-0.2, -0.15) is 20.1 Å². The molecule has 0 saturated carbocycles. The molecule has 10 heteroatoms. The second-order valence-electron chi connectivity index (χ2n) is 8.61. The monoisotopic (exact) mass is 511 g/mol. The van der Waals surface area contributed by atoms with Crippen molar-refractivity contribution in [1.82, 2.24) is 15.0 Å². The molecule has 182 valence electrons. The van der Waals surface area contributed by atoms with Crippen LogP contribution >= 0.6 is 23.2 Å². The molecule has 1 N–H and O–H groups in total. The topological polar surface area (TPSA) is 78.8 Å². The molecule has 2 aliphatic rings. The Morgan fingerprint density at radius 3 is 2.09 bits per heavy atom. The summed E-state index contributed by atoms with van der Waals surface area (Å²) in [4.78, 5) is 18.4. The standard InChI is InChI=1S/C25H27Cl2N7O/c26-20-8-7-19(22(27)15-20)17-35-21-9-5-18(6-10-21)16-28-32-23-29-24(33-11-1-2-12-33)31-25(30-23)34-13-3-4-14-34/h5-10,15-16H,1-4,11-14,17H2,(H,29,30,31,32)/b28-16+. The number of hydrogen-bond acceptors (Lipinski definition) is 8. The number of ether oxygens (including phenoxy) is 1. The van der Waals surface area contributed by atoms with Gasteiger partial charge in [0.15, 0.2) is 0 Å². The van der Waals surface area contributed by atoms with Gasteiger partial charge in [-0.1, -0.05) is 29.3 Å². The summed E-state index contributed by atoms with van der Waals surface area (Å²) in [5.74, 6) is 2.64. The summed E-state index contributed by atoms with van der Waals surface area (Å²) in [6, 6.07) is 13.0. The SMILES string of the molecule is Clc1ccc(COc2ccc(/C=N/Nc3nc(N4CCCC4)nc(N4CCCC4)n3)cc2)c(Cl)c1. The van der Waals surface area contributed by atoms with Gasteiger partial charge in [0.05, 0.1) is 6.21 Å². The lowest BCUT2D eigenvalue weighted by Gasteiger charge is -2.20. The summed E-state index contributed by atoms with van der Waals surface area (Å²) in [5, 5.41) is 5.55. The highest BCUT2D eigenvalue weighted by atomic mass is 35.5. The van der Waals surface area contributed by atoms with Crippen LogP contribution in [0.25, 0.3) is 0 Å². The minimum Gasteiger partial charge on any atom is -0.489 e. The molecule has 2 aliphatic heterocycles. The zero-order chi connectivity index (χ0) is 24.0. The maximum absolute atomic E-state index is 6.21. The Kier molecular flexibility index (Phi) is 7.49. The molecule has 0 spiro atoms. The molecular weight excluding hydrogens is 485 g/mol. The molecule has 0 radical (unpaired) electrons. The van der Waals surface area contributed by atoms with E-state index in [-0.39, 0.29) is 0 Å². The summed E-state index contributed by atoms with van der Waals surface area (Å²) in [7, 11) is 0. The number of halogens is 2. The summed E-state index contributed by atoms with van der Waals surface area (Å²) >= 11 is 12.2. The van der Waals surface area contributed by atoms with E-state index in [0.717, 1.165) is 80.6 Å². The quantitative estimate of drug-likeness (QED) is 0.320. The zero-order valence-electron chi connectivity index (χ0n) is 19.3. The van der Waals surface area contributed by atoms with Gasteiger partial charge in [0.2, 0.25) is 17.8 Å². The summed E-state index contributed by atoms with van der Waals surface area (Å²) in [6.07, 6.45) is 6.39. The van der Waals surface area contributed by atoms with Crippen molar-refractivity contribution in [1.29, 1.82) is 0 Å². The van der Waals surface area contributed by atoms with Crippen LogP contribution < -0.4 is 20.0 Å². The molecule has 0 aliphatic carbocycles. The van der Waals surface area contributed by atoms with Crippen molar-refractivity contribution in [2.24, 2.45) is 5.10 Å². The number of hydrogen-bond donors (Lipinski definition) is 1. The first-order valence-electron chi connectivity index (χ1n) is 11.9. The molecule has 2 fully saturated rings. The van der Waals surface area contributed by atoms with Gasteiger partial charge in [-0.15, -0.1) is 0 Å². The average molecular weight is 512 g/mol. The van der Waals surface area contributed by atoms with Crippen molar-refractivity contribution in [3.05, 3.63) is 63.6 Å². The zero-order valence-corrected chi connectivity index (χ0v) is 20.8. The lowest BCUT2D eigenvalue weighted by Crippen LogP contribution is -2.25. The molecule has 8 nitrogen and oxygen atoms in total. The van der Waals surface area contributed by atoms with E-state index in [2.05, 4.69) is 30.3 Å². The number of hydrazone groups is 1. The molecule has 0 atom stereocenters. The Balaban J connectivity index is 1.22. The molecule has 2 aromatic carbocycles. The van der Waals surface area contributed by atoms with Crippen molar-refractivity contribution < 1.29 is 4.74 Å². The van der Waals surface area contributed by atoms with Crippen LogP contribution in [-0.2, 0) is 6.61 Å². The Labute approximate surface area is 214 Å². The van der Waals surface area contributed by atoms with E-state index in [1.807, 2.05) is 30.3 Å². The normalized spacial score (nSPS) is 15.8. The van der Waals surface area contributed by atoms with Crippen molar-refractivity contribution >= 4 is 47.3 Å². The van der Waals surface area contributed by atoms with Gasteiger partial charge in [-0.05, 0) is 67.6 Å². The number of nitrogens with one attached hydrogen (secondary N) is 1. The predicted octanol–water partition coefficient (Wildman–Crippen LogP) is 5.40. The lowest BCUT2D eigenvalue weighted by atomic mass is 10.2. The predicted molar refractivity (Wildman–Crippen MR) is 141 cm³/mol. The third-order valence-electron chi connectivity index (χ3n) is 6.06. The van der Waals surface area contributed by atoms with Gasteiger partial charge in [-0.3, -0.25) is 0 Å². The molecule has 2 saturated heterocycles. The molecule has 1 aromatic heterocycles. The largest absolute Gasteiger partial charge is 0.489 e. The molecule has 5 rings (SSSR count). The van der Waals surface area contributed by atoms with Gasteiger partial charge >= 0.3 is 0 Å².